The number of hydrogen-bond donors (Lipinski definition) is 0. The second-order valence-electron chi connectivity index (χ2n) is 14.2. The fourth-order valence-electron chi connectivity index (χ4n) is 10.7. The highest BCUT2D eigenvalue weighted by molar-refractivity contribution is 6.56. The summed E-state index contributed by atoms with van der Waals surface area (Å²) in [5, 5.41) is 36.0. The van der Waals surface area contributed by atoms with Gasteiger partial charge in [-0.25, -0.2) is 0 Å². The van der Waals surface area contributed by atoms with E-state index in [1.54, 1.807) is 0 Å². The van der Waals surface area contributed by atoms with Crippen molar-refractivity contribution in [2.45, 2.75) is 0 Å². The summed E-state index contributed by atoms with van der Waals surface area (Å²) in [7, 11) is 0. The normalized spacial score (nSPS) is 13.4. The second-order valence-corrected chi connectivity index (χ2v) is 14.2. The maximum absolute atomic E-state index is 2.57. The molecule has 0 aliphatic heterocycles. The first-order chi connectivity index (χ1) is 23.9. The predicted octanol–water partition coefficient (Wildman–Crippen LogP) is 13.9. The van der Waals surface area contributed by atoms with Gasteiger partial charge in [0.1, 0.15) is 0 Å². The summed E-state index contributed by atoms with van der Waals surface area (Å²) in [6.45, 7) is 0. The number of benzene rings is 14. The summed E-state index contributed by atoms with van der Waals surface area (Å²) in [6.07, 6.45) is 0. The molecule has 0 spiro atoms. The van der Waals surface area contributed by atoms with Crippen LogP contribution in [0.4, 0.5) is 0 Å². The van der Waals surface area contributed by atoms with Gasteiger partial charge in [0.05, 0.1) is 0 Å². The Morgan fingerprint density at radius 2 is 0.375 bits per heavy atom. The van der Waals surface area contributed by atoms with Gasteiger partial charge in [-0.2, -0.15) is 0 Å². The fourth-order valence-corrected chi connectivity index (χ4v) is 10.7. The monoisotopic (exact) mass is 598 g/mol. The molecule has 14 rings (SSSR count). The van der Waals surface area contributed by atoms with Crippen molar-refractivity contribution in [2.24, 2.45) is 0 Å². The highest BCUT2D eigenvalue weighted by atomic mass is 14.3. The minimum Gasteiger partial charge on any atom is -0.0616 e. The van der Waals surface area contributed by atoms with E-state index in [9.17, 15) is 0 Å². The van der Waals surface area contributed by atoms with Crippen molar-refractivity contribution >= 4 is 140 Å². The largest absolute Gasteiger partial charge is 0.0616 e. The van der Waals surface area contributed by atoms with E-state index in [1.165, 1.54) is 140 Å². The third-order valence-electron chi connectivity index (χ3n) is 12.4. The molecule has 0 unspecified atom stereocenters. The third kappa shape index (κ3) is 2.23. The molecule has 0 bridgehead atoms. The van der Waals surface area contributed by atoms with Gasteiger partial charge in [0.15, 0.2) is 0 Å². The van der Waals surface area contributed by atoms with Crippen molar-refractivity contribution in [2.75, 3.05) is 0 Å². The Balaban J connectivity index is 1.43. The molecule has 0 aliphatic rings. The Hall–Kier alpha value is -6.24. The predicted molar refractivity (Wildman–Crippen MR) is 210 cm³/mol. The minimum absolute atomic E-state index is 1.34. The number of fused-ring (bicyclic) bond motifs is 10. The standard InChI is InChI=1S/C48H22/c1-2-9-24-23(8-1)27-12-6-16-31-34-19-20-35-32-17-7-15-30-29-14-5-13-28-25-10-3-4-11-26(25)37-22-38-36-21-18-33(24)42(39(27)31)45(36)43(34)44(35)47(38)48(41(30)32)46(37)40(28)29/h1-22H. The zero-order valence-electron chi connectivity index (χ0n) is 25.7. The smallest absolute Gasteiger partial charge is 0.0000926 e. The minimum atomic E-state index is 1.34. The number of hydrogen-bond acceptors (Lipinski definition) is 0. The molecular formula is C48H22. The molecule has 0 atom stereocenters. The molecule has 0 saturated carbocycles. The molecule has 214 valence electrons. The van der Waals surface area contributed by atoms with Gasteiger partial charge < -0.3 is 0 Å². The topological polar surface area (TPSA) is 0 Å². The van der Waals surface area contributed by atoms with E-state index in [1.807, 2.05) is 0 Å². The average molecular weight is 599 g/mol. The molecule has 0 saturated heterocycles. The van der Waals surface area contributed by atoms with Crippen molar-refractivity contribution in [1.29, 1.82) is 0 Å². The highest BCUT2D eigenvalue weighted by Gasteiger charge is 2.28. The Kier molecular flexibility index (Phi) is 3.53. The molecule has 0 aliphatic carbocycles. The van der Waals surface area contributed by atoms with Gasteiger partial charge in [0.25, 0.3) is 0 Å². The quantitative estimate of drug-likeness (QED) is 0.120. The van der Waals surface area contributed by atoms with Crippen molar-refractivity contribution < 1.29 is 0 Å². The van der Waals surface area contributed by atoms with Gasteiger partial charge in [-0.15, -0.1) is 0 Å². The van der Waals surface area contributed by atoms with E-state index in [4.69, 9.17) is 0 Å². The van der Waals surface area contributed by atoms with E-state index >= 15 is 0 Å². The van der Waals surface area contributed by atoms with Crippen LogP contribution in [0.15, 0.2) is 133 Å². The van der Waals surface area contributed by atoms with Crippen LogP contribution in [0.3, 0.4) is 0 Å². The summed E-state index contributed by atoms with van der Waals surface area (Å²) in [6, 6.07) is 51.4. The molecule has 0 nitrogen and oxygen atoms in total. The maximum Gasteiger partial charge on any atom is -0.0000926 e. The lowest BCUT2D eigenvalue weighted by molar-refractivity contribution is 1.80. The molecule has 0 fully saturated rings. The third-order valence-corrected chi connectivity index (χ3v) is 12.4. The lowest BCUT2D eigenvalue weighted by Gasteiger charge is -2.26. The molecule has 0 radical (unpaired) electrons. The lowest BCUT2D eigenvalue weighted by Crippen LogP contribution is -1.98. The summed E-state index contributed by atoms with van der Waals surface area (Å²) in [5.41, 5.74) is 0. The van der Waals surface area contributed by atoms with E-state index in [-0.39, 0.29) is 0 Å². The van der Waals surface area contributed by atoms with Crippen LogP contribution >= 0.6 is 0 Å². The molecule has 14 aromatic carbocycles. The Morgan fingerprint density at radius 3 is 0.833 bits per heavy atom. The molecule has 0 aromatic heterocycles. The Morgan fingerprint density at radius 1 is 0.146 bits per heavy atom. The van der Waals surface area contributed by atoms with Gasteiger partial charge >= 0.3 is 0 Å². The van der Waals surface area contributed by atoms with Crippen molar-refractivity contribution in [3.63, 3.8) is 0 Å². The molecule has 48 heavy (non-hydrogen) atoms. The van der Waals surface area contributed by atoms with Crippen LogP contribution in [-0.4, -0.2) is 0 Å². The Bertz CT molecular complexity index is 3710. The first-order valence-corrected chi connectivity index (χ1v) is 17.0. The van der Waals surface area contributed by atoms with E-state index in [0.717, 1.165) is 0 Å². The SMILES string of the molecule is c1ccc2c(c1)c1cccc3c4ccc5c6cccc7c8cccc9c%10ccccc%10c%10cc%11c%12ccc2c(c13)c%12c4c5c%11c(c76)c%10c98. The van der Waals surface area contributed by atoms with Gasteiger partial charge in [-0.1, -0.05) is 127 Å². The van der Waals surface area contributed by atoms with Crippen LogP contribution < -0.4 is 0 Å². The molecule has 0 N–H and O–H groups in total. The van der Waals surface area contributed by atoms with Gasteiger partial charge in [0.2, 0.25) is 0 Å². The van der Waals surface area contributed by atoms with Crippen LogP contribution in [-0.2, 0) is 0 Å². The zero-order valence-corrected chi connectivity index (χ0v) is 25.7. The van der Waals surface area contributed by atoms with Crippen LogP contribution in [0.1, 0.15) is 0 Å². The van der Waals surface area contributed by atoms with Crippen LogP contribution in [0, 0.1) is 0 Å². The van der Waals surface area contributed by atoms with Crippen LogP contribution in [0.2, 0.25) is 0 Å². The van der Waals surface area contributed by atoms with Gasteiger partial charge in [0, 0.05) is 0 Å². The first kappa shape index (κ1) is 23.1. The van der Waals surface area contributed by atoms with Crippen LogP contribution in [0.5, 0.6) is 0 Å². The zero-order chi connectivity index (χ0) is 30.6. The molecule has 0 amide bonds. The summed E-state index contributed by atoms with van der Waals surface area (Å²) in [5.74, 6) is 0. The molecular weight excluding hydrogens is 577 g/mol. The lowest BCUT2D eigenvalue weighted by atomic mass is 9.76. The first-order valence-electron chi connectivity index (χ1n) is 17.0. The van der Waals surface area contributed by atoms with Crippen LogP contribution in [0.25, 0.3) is 140 Å². The molecule has 0 heterocycles. The highest BCUT2D eigenvalue weighted by Crippen LogP contribution is 2.57. The van der Waals surface area contributed by atoms with E-state index in [0.29, 0.717) is 0 Å². The Labute approximate surface area is 272 Å². The van der Waals surface area contributed by atoms with Crippen molar-refractivity contribution in [3.8, 4) is 0 Å². The summed E-state index contributed by atoms with van der Waals surface area (Å²) in [4.78, 5) is 0. The summed E-state index contributed by atoms with van der Waals surface area (Å²) >= 11 is 0. The molecule has 14 aromatic rings. The second kappa shape index (κ2) is 7.33. The van der Waals surface area contributed by atoms with Crippen molar-refractivity contribution in [3.05, 3.63) is 133 Å². The average Bonchev–Trinajstić information content (AvgIpc) is 3.16. The molecule has 0 heteroatoms. The van der Waals surface area contributed by atoms with Gasteiger partial charge in [-0.05, 0) is 146 Å². The fraction of sp³-hybridized carbons (Fsp3) is 0. The number of rotatable bonds is 0. The van der Waals surface area contributed by atoms with Gasteiger partial charge in [-0.3, -0.25) is 0 Å². The summed E-state index contributed by atoms with van der Waals surface area (Å²) < 4.78 is 0. The van der Waals surface area contributed by atoms with Crippen molar-refractivity contribution in [1.82, 2.24) is 0 Å². The van der Waals surface area contributed by atoms with E-state index < -0.39 is 0 Å². The van der Waals surface area contributed by atoms with E-state index in [2.05, 4.69) is 133 Å². The maximum atomic E-state index is 2.57.